The molecule has 0 saturated heterocycles. The van der Waals surface area contributed by atoms with Crippen molar-refractivity contribution in [2.24, 2.45) is 0 Å². The van der Waals surface area contributed by atoms with Crippen LogP contribution >= 0.6 is 0 Å². The standard InChI is InChI=1S/C14H14N2O2Se/c1-17-14(18-2)9-19-13-6-4-11-7-10(8-15)3-5-12(11)16-13/h3-7,14H,9H2,1-2H3. The Morgan fingerprint density at radius 3 is 2.74 bits per heavy atom. The monoisotopic (exact) mass is 322 g/mol. The molecule has 0 aliphatic carbocycles. The summed E-state index contributed by atoms with van der Waals surface area (Å²) < 4.78 is 11.4. The van der Waals surface area contributed by atoms with E-state index in [0.29, 0.717) is 5.56 Å². The molecule has 1 aromatic heterocycles. The minimum absolute atomic E-state index is 0.168. The van der Waals surface area contributed by atoms with Gasteiger partial charge in [-0.1, -0.05) is 0 Å². The van der Waals surface area contributed by atoms with Crippen molar-refractivity contribution in [3.05, 3.63) is 35.9 Å². The Bertz CT molecular complexity index is 606. The van der Waals surface area contributed by atoms with Gasteiger partial charge in [0.05, 0.1) is 0 Å². The topological polar surface area (TPSA) is 55.1 Å². The predicted molar refractivity (Wildman–Crippen MR) is 74.5 cm³/mol. The van der Waals surface area contributed by atoms with E-state index in [4.69, 9.17) is 14.7 Å². The van der Waals surface area contributed by atoms with E-state index in [-0.39, 0.29) is 21.2 Å². The van der Waals surface area contributed by atoms with E-state index < -0.39 is 0 Å². The summed E-state index contributed by atoms with van der Waals surface area (Å²) >= 11 is 0.207. The van der Waals surface area contributed by atoms with Gasteiger partial charge in [-0.05, 0) is 0 Å². The van der Waals surface area contributed by atoms with Crippen LogP contribution in [0.25, 0.3) is 10.9 Å². The number of benzene rings is 1. The molecule has 0 spiro atoms. The molecular formula is C14H14N2O2Se. The van der Waals surface area contributed by atoms with Crippen molar-refractivity contribution in [1.29, 1.82) is 5.26 Å². The van der Waals surface area contributed by atoms with Gasteiger partial charge in [0, 0.05) is 0 Å². The summed E-state index contributed by atoms with van der Waals surface area (Å²) in [5.41, 5.74) is 1.58. The van der Waals surface area contributed by atoms with E-state index in [2.05, 4.69) is 11.1 Å². The summed E-state index contributed by atoms with van der Waals surface area (Å²) in [5.74, 6) is 0. The first kappa shape index (κ1) is 14.0. The van der Waals surface area contributed by atoms with Gasteiger partial charge >= 0.3 is 118 Å². The molecule has 0 saturated carbocycles. The fourth-order valence-corrected chi connectivity index (χ4v) is 3.54. The van der Waals surface area contributed by atoms with Gasteiger partial charge < -0.3 is 0 Å². The summed E-state index contributed by atoms with van der Waals surface area (Å²) in [4.78, 5) is 4.60. The number of hydrogen-bond acceptors (Lipinski definition) is 4. The summed E-state index contributed by atoms with van der Waals surface area (Å²) in [5, 5.41) is 10.7. The molecule has 0 amide bonds. The van der Waals surface area contributed by atoms with E-state index in [1.165, 1.54) is 0 Å². The Hall–Kier alpha value is -1.44. The third kappa shape index (κ3) is 3.52. The number of hydrogen-bond donors (Lipinski definition) is 0. The molecule has 0 fully saturated rings. The molecule has 1 heterocycles. The molecule has 0 bridgehead atoms. The van der Waals surface area contributed by atoms with Crippen molar-refractivity contribution in [2.75, 3.05) is 14.2 Å². The molecule has 19 heavy (non-hydrogen) atoms. The number of pyridine rings is 1. The third-order valence-electron chi connectivity index (χ3n) is 2.69. The maximum absolute atomic E-state index is 8.86. The second kappa shape index (κ2) is 6.65. The Labute approximate surface area is 118 Å². The molecule has 5 heteroatoms. The van der Waals surface area contributed by atoms with E-state index in [9.17, 15) is 0 Å². The maximum atomic E-state index is 8.86. The first-order valence-corrected chi connectivity index (χ1v) is 7.83. The van der Waals surface area contributed by atoms with Crippen molar-refractivity contribution in [1.82, 2.24) is 4.98 Å². The number of fused-ring (bicyclic) bond motifs is 1. The van der Waals surface area contributed by atoms with Crippen LogP contribution < -0.4 is 4.59 Å². The molecule has 98 valence electrons. The van der Waals surface area contributed by atoms with Crippen LogP contribution in [0.3, 0.4) is 0 Å². The van der Waals surface area contributed by atoms with Crippen LogP contribution in [0.5, 0.6) is 0 Å². The fraction of sp³-hybridized carbons (Fsp3) is 0.286. The quantitative estimate of drug-likeness (QED) is 0.618. The van der Waals surface area contributed by atoms with Crippen molar-refractivity contribution in [3.8, 4) is 6.07 Å². The molecule has 2 rings (SSSR count). The second-order valence-electron chi connectivity index (χ2n) is 3.88. The molecule has 0 N–H and O–H groups in total. The normalized spacial score (nSPS) is 10.8. The number of aromatic nitrogens is 1. The van der Waals surface area contributed by atoms with Crippen LogP contribution in [-0.4, -0.2) is 40.5 Å². The minimum atomic E-state index is -0.168. The van der Waals surface area contributed by atoms with Crippen LogP contribution in [0.1, 0.15) is 5.56 Å². The molecule has 4 nitrogen and oxygen atoms in total. The zero-order valence-electron chi connectivity index (χ0n) is 10.8. The van der Waals surface area contributed by atoms with E-state index in [0.717, 1.165) is 20.8 Å². The zero-order valence-corrected chi connectivity index (χ0v) is 12.5. The average molecular weight is 321 g/mol. The van der Waals surface area contributed by atoms with Gasteiger partial charge in [0.1, 0.15) is 0 Å². The van der Waals surface area contributed by atoms with Gasteiger partial charge in [-0.3, -0.25) is 0 Å². The SMILES string of the molecule is COC(C[Se]c1ccc2cc(C#N)ccc2n1)OC. The van der Waals surface area contributed by atoms with Gasteiger partial charge in [-0.15, -0.1) is 0 Å². The molecule has 2 aromatic rings. The predicted octanol–water partition coefficient (Wildman–Crippen LogP) is 1.47. The zero-order chi connectivity index (χ0) is 13.7. The Balaban J connectivity index is 2.16. The molecule has 0 aliphatic heterocycles. The molecule has 0 aliphatic rings. The Kier molecular flexibility index (Phi) is 4.89. The van der Waals surface area contributed by atoms with Crippen molar-refractivity contribution < 1.29 is 9.47 Å². The second-order valence-corrected chi connectivity index (χ2v) is 6.06. The van der Waals surface area contributed by atoms with Gasteiger partial charge in [0.25, 0.3) is 0 Å². The Morgan fingerprint density at radius 1 is 1.26 bits per heavy atom. The molecular weight excluding hydrogens is 307 g/mol. The molecule has 1 aromatic carbocycles. The summed E-state index contributed by atoms with van der Waals surface area (Å²) in [6, 6.07) is 11.7. The van der Waals surface area contributed by atoms with Crippen molar-refractivity contribution >= 4 is 30.5 Å². The van der Waals surface area contributed by atoms with Gasteiger partial charge in [-0.25, -0.2) is 0 Å². The van der Waals surface area contributed by atoms with Crippen LogP contribution in [0.4, 0.5) is 0 Å². The van der Waals surface area contributed by atoms with Gasteiger partial charge in [-0.2, -0.15) is 0 Å². The van der Waals surface area contributed by atoms with Crippen LogP contribution in [-0.2, 0) is 9.47 Å². The third-order valence-corrected chi connectivity index (χ3v) is 4.70. The summed E-state index contributed by atoms with van der Waals surface area (Å²) in [6.07, 6.45) is -0.168. The number of ether oxygens (including phenoxy) is 2. The number of methoxy groups -OCH3 is 2. The fourth-order valence-electron chi connectivity index (χ4n) is 1.64. The van der Waals surface area contributed by atoms with E-state index in [1.807, 2.05) is 24.3 Å². The van der Waals surface area contributed by atoms with E-state index >= 15 is 0 Å². The van der Waals surface area contributed by atoms with Crippen molar-refractivity contribution in [3.63, 3.8) is 0 Å². The van der Waals surface area contributed by atoms with Crippen molar-refractivity contribution in [2.45, 2.75) is 11.6 Å². The number of nitrogens with zero attached hydrogens (tertiary/aromatic N) is 2. The Morgan fingerprint density at radius 2 is 2.05 bits per heavy atom. The first-order valence-electron chi connectivity index (χ1n) is 5.76. The van der Waals surface area contributed by atoms with Crippen LogP contribution in [0.2, 0.25) is 5.32 Å². The van der Waals surface area contributed by atoms with E-state index in [1.54, 1.807) is 20.3 Å². The summed E-state index contributed by atoms with van der Waals surface area (Å²) in [7, 11) is 3.28. The molecule has 0 radical (unpaired) electrons. The van der Waals surface area contributed by atoms with Crippen LogP contribution in [0.15, 0.2) is 30.3 Å². The summed E-state index contributed by atoms with van der Waals surface area (Å²) in [6.45, 7) is 0. The molecule has 0 atom stereocenters. The first-order chi connectivity index (χ1) is 9.26. The molecule has 0 unspecified atom stereocenters. The average Bonchev–Trinajstić information content (AvgIpc) is 2.47. The van der Waals surface area contributed by atoms with Gasteiger partial charge in [0.15, 0.2) is 0 Å². The van der Waals surface area contributed by atoms with Crippen LogP contribution in [0, 0.1) is 11.3 Å². The number of nitriles is 1. The number of rotatable bonds is 5. The van der Waals surface area contributed by atoms with Gasteiger partial charge in [0.2, 0.25) is 0 Å².